The summed E-state index contributed by atoms with van der Waals surface area (Å²) in [7, 11) is 0. The molecule has 0 radical (unpaired) electrons. The SMILES string of the molecule is Cc1cc(Cl)ccc1C1N=C(N)CS1. The van der Waals surface area contributed by atoms with Gasteiger partial charge in [-0.2, -0.15) is 0 Å². The van der Waals surface area contributed by atoms with Crippen molar-refractivity contribution in [2.45, 2.75) is 12.3 Å². The lowest BCUT2D eigenvalue weighted by Gasteiger charge is -2.09. The van der Waals surface area contributed by atoms with Gasteiger partial charge in [0.25, 0.3) is 0 Å². The van der Waals surface area contributed by atoms with Crippen LogP contribution in [0, 0.1) is 6.92 Å². The predicted molar refractivity (Wildman–Crippen MR) is 63.0 cm³/mol. The van der Waals surface area contributed by atoms with Gasteiger partial charge in [-0.1, -0.05) is 17.7 Å². The van der Waals surface area contributed by atoms with Crippen LogP contribution in [0.3, 0.4) is 0 Å². The first-order valence-corrected chi connectivity index (χ1v) is 5.79. The zero-order valence-electron chi connectivity index (χ0n) is 7.83. The van der Waals surface area contributed by atoms with Crippen molar-refractivity contribution in [3.63, 3.8) is 0 Å². The summed E-state index contributed by atoms with van der Waals surface area (Å²) in [6.07, 6.45) is 0. The maximum atomic E-state index is 5.88. The highest BCUT2D eigenvalue weighted by Gasteiger charge is 2.19. The first kappa shape index (κ1) is 9.87. The Hall–Kier alpha value is -0.670. The van der Waals surface area contributed by atoms with Crippen LogP contribution >= 0.6 is 23.4 Å². The second-order valence-corrected chi connectivity index (χ2v) is 4.79. The van der Waals surface area contributed by atoms with Crippen molar-refractivity contribution in [3.05, 3.63) is 34.3 Å². The van der Waals surface area contributed by atoms with Crippen molar-refractivity contribution in [3.8, 4) is 0 Å². The van der Waals surface area contributed by atoms with E-state index in [1.165, 1.54) is 11.1 Å². The molecule has 0 bridgehead atoms. The van der Waals surface area contributed by atoms with Crippen molar-refractivity contribution < 1.29 is 0 Å². The minimum Gasteiger partial charge on any atom is -0.387 e. The highest BCUT2D eigenvalue weighted by molar-refractivity contribution is 8.00. The molecular formula is C10H11ClN2S. The number of nitrogens with two attached hydrogens (primary N) is 1. The second-order valence-electron chi connectivity index (χ2n) is 3.28. The molecular weight excluding hydrogens is 216 g/mol. The molecule has 74 valence electrons. The van der Waals surface area contributed by atoms with Crippen molar-refractivity contribution in [2.24, 2.45) is 10.7 Å². The largest absolute Gasteiger partial charge is 0.387 e. The fraction of sp³-hybridized carbons (Fsp3) is 0.300. The molecule has 0 saturated carbocycles. The highest BCUT2D eigenvalue weighted by Crippen LogP contribution is 2.36. The molecule has 1 aromatic rings. The number of hydrogen-bond acceptors (Lipinski definition) is 3. The average molecular weight is 227 g/mol. The van der Waals surface area contributed by atoms with E-state index in [1.54, 1.807) is 11.8 Å². The zero-order valence-corrected chi connectivity index (χ0v) is 9.40. The van der Waals surface area contributed by atoms with Gasteiger partial charge in [0.15, 0.2) is 0 Å². The third-order valence-corrected chi connectivity index (χ3v) is 3.54. The summed E-state index contributed by atoms with van der Waals surface area (Å²) in [5.41, 5.74) is 8.03. The van der Waals surface area contributed by atoms with E-state index in [9.17, 15) is 0 Å². The minimum absolute atomic E-state index is 0.160. The monoisotopic (exact) mass is 226 g/mol. The van der Waals surface area contributed by atoms with Gasteiger partial charge in [-0.3, -0.25) is 4.99 Å². The molecule has 1 unspecified atom stereocenters. The molecule has 1 heterocycles. The van der Waals surface area contributed by atoms with Gasteiger partial charge in [0, 0.05) is 5.02 Å². The summed E-state index contributed by atoms with van der Waals surface area (Å²) < 4.78 is 0. The molecule has 0 aliphatic carbocycles. The van der Waals surface area contributed by atoms with Gasteiger partial charge < -0.3 is 5.73 Å². The Kier molecular flexibility index (Phi) is 2.70. The predicted octanol–water partition coefficient (Wildman–Crippen LogP) is 2.75. The Balaban J connectivity index is 2.33. The minimum atomic E-state index is 0.160. The van der Waals surface area contributed by atoms with E-state index in [0.29, 0.717) is 0 Å². The molecule has 1 aliphatic rings. The van der Waals surface area contributed by atoms with E-state index in [0.717, 1.165) is 16.6 Å². The Morgan fingerprint density at radius 3 is 2.93 bits per heavy atom. The van der Waals surface area contributed by atoms with E-state index >= 15 is 0 Å². The number of amidine groups is 1. The third-order valence-electron chi connectivity index (χ3n) is 2.17. The van der Waals surface area contributed by atoms with Gasteiger partial charge >= 0.3 is 0 Å². The molecule has 2 N–H and O–H groups in total. The number of thioether (sulfide) groups is 1. The van der Waals surface area contributed by atoms with Crippen molar-refractivity contribution in [2.75, 3.05) is 5.75 Å². The van der Waals surface area contributed by atoms with Crippen LogP contribution in [0.1, 0.15) is 16.5 Å². The number of aliphatic imine (C=N–C) groups is 1. The quantitative estimate of drug-likeness (QED) is 0.800. The van der Waals surface area contributed by atoms with Crippen LogP contribution in [0.2, 0.25) is 5.02 Å². The molecule has 14 heavy (non-hydrogen) atoms. The molecule has 0 spiro atoms. The second kappa shape index (κ2) is 3.83. The van der Waals surface area contributed by atoms with Gasteiger partial charge in [0.05, 0.1) is 5.75 Å². The van der Waals surface area contributed by atoms with Crippen LogP contribution in [-0.4, -0.2) is 11.6 Å². The number of aryl methyl sites for hydroxylation is 1. The lowest BCUT2D eigenvalue weighted by atomic mass is 10.1. The van der Waals surface area contributed by atoms with Crippen molar-refractivity contribution in [1.82, 2.24) is 0 Å². The maximum Gasteiger partial charge on any atom is 0.123 e. The molecule has 0 amide bonds. The van der Waals surface area contributed by atoms with Crippen LogP contribution in [0.4, 0.5) is 0 Å². The lowest BCUT2D eigenvalue weighted by molar-refractivity contribution is 1.03. The summed E-state index contributed by atoms with van der Waals surface area (Å²) in [6.45, 7) is 2.05. The van der Waals surface area contributed by atoms with Gasteiger partial charge in [0.2, 0.25) is 0 Å². The van der Waals surface area contributed by atoms with E-state index in [2.05, 4.69) is 4.99 Å². The summed E-state index contributed by atoms with van der Waals surface area (Å²) in [4.78, 5) is 4.36. The molecule has 0 aromatic heterocycles. The summed E-state index contributed by atoms with van der Waals surface area (Å²) in [6, 6.07) is 5.88. The summed E-state index contributed by atoms with van der Waals surface area (Å²) in [5.74, 6) is 1.56. The lowest BCUT2D eigenvalue weighted by Crippen LogP contribution is -2.09. The molecule has 2 nitrogen and oxygen atoms in total. The van der Waals surface area contributed by atoms with Gasteiger partial charge in [-0.15, -0.1) is 11.8 Å². The molecule has 0 saturated heterocycles. The number of halogens is 1. The number of rotatable bonds is 1. The summed E-state index contributed by atoms with van der Waals surface area (Å²) in [5, 5.41) is 0.929. The van der Waals surface area contributed by atoms with E-state index < -0.39 is 0 Å². The standard InChI is InChI=1S/C10H11ClN2S/c1-6-4-7(11)2-3-8(6)10-13-9(12)5-14-10/h2-4,10H,5H2,1H3,(H2,12,13). The number of benzene rings is 1. The zero-order chi connectivity index (χ0) is 10.1. The Bertz CT molecular complexity index is 390. The van der Waals surface area contributed by atoms with Gasteiger partial charge in [-0.05, 0) is 30.2 Å². The molecule has 1 aromatic carbocycles. The Labute approximate surface area is 92.5 Å². The fourth-order valence-corrected chi connectivity index (χ4v) is 2.75. The van der Waals surface area contributed by atoms with Gasteiger partial charge in [0.1, 0.15) is 11.2 Å². The normalized spacial score (nSPS) is 21.0. The maximum absolute atomic E-state index is 5.88. The first-order valence-electron chi connectivity index (χ1n) is 4.36. The van der Waals surface area contributed by atoms with Crippen LogP contribution in [0.15, 0.2) is 23.2 Å². The van der Waals surface area contributed by atoms with Crippen LogP contribution in [-0.2, 0) is 0 Å². The van der Waals surface area contributed by atoms with E-state index in [4.69, 9.17) is 17.3 Å². The molecule has 1 aliphatic heterocycles. The number of nitrogens with zero attached hydrogens (tertiary/aromatic N) is 1. The Morgan fingerprint density at radius 1 is 1.57 bits per heavy atom. The highest BCUT2D eigenvalue weighted by atomic mass is 35.5. The molecule has 2 rings (SSSR count). The van der Waals surface area contributed by atoms with Gasteiger partial charge in [-0.25, -0.2) is 0 Å². The molecule has 4 heteroatoms. The number of hydrogen-bond donors (Lipinski definition) is 1. The fourth-order valence-electron chi connectivity index (χ4n) is 1.46. The average Bonchev–Trinajstić information content (AvgIpc) is 2.51. The summed E-state index contributed by atoms with van der Waals surface area (Å²) >= 11 is 7.64. The third kappa shape index (κ3) is 1.88. The Morgan fingerprint density at radius 2 is 2.36 bits per heavy atom. The van der Waals surface area contributed by atoms with Crippen LogP contribution in [0.25, 0.3) is 0 Å². The molecule has 0 fully saturated rings. The van der Waals surface area contributed by atoms with Crippen LogP contribution < -0.4 is 5.73 Å². The van der Waals surface area contributed by atoms with Crippen molar-refractivity contribution in [1.29, 1.82) is 0 Å². The smallest absolute Gasteiger partial charge is 0.123 e. The first-order chi connectivity index (χ1) is 6.66. The van der Waals surface area contributed by atoms with E-state index in [1.807, 2.05) is 25.1 Å². The van der Waals surface area contributed by atoms with E-state index in [-0.39, 0.29) is 5.37 Å². The topological polar surface area (TPSA) is 38.4 Å². The van der Waals surface area contributed by atoms with Crippen molar-refractivity contribution >= 4 is 29.2 Å². The molecule has 1 atom stereocenters. The van der Waals surface area contributed by atoms with Crippen LogP contribution in [0.5, 0.6) is 0 Å².